The van der Waals surface area contributed by atoms with Crippen molar-refractivity contribution in [1.29, 1.82) is 0 Å². The van der Waals surface area contributed by atoms with Crippen LogP contribution in [0.25, 0.3) is 0 Å². The number of aliphatic hydroxyl groups is 1. The lowest BCUT2D eigenvalue weighted by molar-refractivity contribution is -0.0450. The first-order valence-corrected chi connectivity index (χ1v) is 6.81. The molecular weight excluding hydrogens is 242 g/mol. The zero-order valence-corrected chi connectivity index (χ0v) is 11.1. The molecule has 2 aliphatic rings. The third kappa shape index (κ3) is 2.15. The Hall–Kier alpha value is -1.39. The molecule has 4 nitrogen and oxygen atoms in total. The van der Waals surface area contributed by atoms with Crippen LogP contribution in [0.1, 0.15) is 29.3 Å². The lowest BCUT2D eigenvalue weighted by Crippen LogP contribution is -2.51. The fourth-order valence-corrected chi connectivity index (χ4v) is 2.93. The van der Waals surface area contributed by atoms with Crippen molar-refractivity contribution in [2.75, 3.05) is 19.7 Å². The van der Waals surface area contributed by atoms with E-state index in [4.69, 9.17) is 4.74 Å². The zero-order chi connectivity index (χ0) is 13.5. The average molecular weight is 261 g/mol. The van der Waals surface area contributed by atoms with E-state index in [0.29, 0.717) is 26.1 Å². The van der Waals surface area contributed by atoms with Gasteiger partial charge in [0.25, 0.3) is 5.91 Å². The Bertz CT molecular complexity index is 502. The van der Waals surface area contributed by atoms with Crippen LogP contribution < -0.4 is 0 Å². The normalized spacial score (nSPS) is 30.5. The maximum Gasteiger partial charge on any atom is 0.254 e. The monoisotopic (exact) mass is 261 g/mol. The van der Waals surface area contributed by atoms with Gasteiger partial charge in [-0.1, -0.05) is 18.2 Å². The van der Waals surface area contributed by atoms with Crippen molar-refractivity contribution >= 4 is 5.91 Å². The van der Waals surface area contributed by atoms with Crippen LogP contribution in [0.2, 0.25) is 0 Å². The minimum Gasteiger partial charge on any atom is -0.385 e. The molecule has 2 unspecified atom stereocenters. The Morgan fingerprint density at radius 3 is 3.00 bits per heavy atom. The molecule has 4 heteroatoms. The van der Waals surface area contributed by atoms with E-state index in [1.165, 1.54) is 0 Å². The number of hydrogen-bond acceptors (Lipinski definition) is 3. The van der Waals surface area contributed by atoms with E-state index in [1.54, 1.807) is 4.90 Å². The number of amides is 1. The minimum absolute atomic E-state index is 0.0226. The molecule has 0 spiro atoms. The molecule has 19 heavy (non-hydrogen) atoms. The van der Waals surface area contributed by atoms with Gasteiger partial charge in [-0.2, -0.15) is 0 Å². The van der Waals surface area contributed by atoms with Crippen LogP contribution in [0.15, 0.2) is 24.3 Å². The molecule has 3 rings (SSSR count). The van der Waals surface area contributed by atoms with Crippen molar-refractivity contribution in [3.05, 3.63) is 35.4 Å². The number of fused-ring (bicyclic) bond motifs is 1. The van der Waals surface area contributed by atoms with Gasteiger partial charge < -0.3 is 14.7 Å². The van der Waals surface area contributed by atoms with Gasteiger partial charge in [-0.3, -0.25) is 4.79 Å². The van der Waals surface area contributed by atoms with Gasteiger partial charge in [0.2, 0.25) is 0 Å². The molecule has 102 valence electrons. The predicted octanol–water partition coefficient (Wildman–Crippen LogP) is 1.22. The van der Waals surface area contributed by atoms with Crippen LogP contribution in [0.3, 0.4) is 0 Å². The Balaban J connectivity index is 1.79. The molecule has 1 amide bonds. The molecule has 2 atom stereocenters. The van der Waals surface area contributed by atoms with Crippen molar-refractivity contribution in [2.45, 2.75) is 31.5 Å². The maximum absolute atomic E-state index is 12.4. The Morgan fingerprint density at radius 2 is 2.26 bits per heavy atom. The Kier molecular flexibility index (Phi) is 3.07. The molecular formula is C15H19NO3. The number of benzene rings is 1. The highest BCUT2D eigenvalue weighted by molar-refractivity contribution is 5.96. The molecule has 1 aromatic rings. The summed E-state index contributed by atoms with van der Waals surface area (Å²) in [6, 6.07) is 7.71. The van der Waals surface area contributed by atoms with Gasteiger partial charge in [-0.15, -0.1) is 0 Å². The molecule has 2 aliphatic heterocycles. The number of nitrogens with zero attached hydrogens (tertiary/aromatic N) is 1. The van der Waals surface area contributed by atoms with E-state index in [-0.39, 0.29) is 12.0 Å². The molecule has 1 N–H and O–H groups in total. The summed E-state index contributed by atoms with van der Waals surface area (Å²) in [4.78, 5) is 14.2. The molecule has 1 aromatic carbocycles. The van der Waals surface area contributed by atoms with Crippen LogP contribution in [0.5, 0.6) is 0 Å². The fraction of sp³-hybridized carbons (Fsp3) is 0.533. The van der Waals surface area contributed by atoms with E-state index in [1.807, 2.05) is 31.2 Å². The SMILES string of the molecule is CC1OCCC1(O)CN1CCc2ccccc2C1=O. The number of β-amino-alcohol motifs (C(OH)–C–C–N with tert-alkyl or cyclic N) is 1. The quantitative estimate of drug-likeness (QED) is 0.871. The van der Waals surface area contributed by atoms with E-state index in [0.717, 1.165) is 17.5 Å². The smallest absolute Gasteiger partial charge is 0.254 e. The highest BCUT2D eigenvalue weighted by Gasteiger charge is 2.42. The molecule has 0 bridgehead atoms. The predicted molar refractivity (Wildman–Crippen MR) is 71.0 cm³/mol. The van der Waals surface area contributed by atoms with E-state index < -0.39 is 5.60 Å². The summed E-state index contributed by atoms with van der Waals surface area (Å²) in [5.41, 5.74) is 0.970. The lowest BCUT2D eigenvalue weighted by atomic mass is 9.93. The lowest BCUT2D eigenvalue weighted by Gasteiger charge is -2.35. The van der Waals surface area contributed by atoms with Gasteiger partial charge in [0.05, 0.1) is 12.6 Å². The first-order valence-electron chi connectivity index (χ1n) is 6.81. The Labute approximate surface area is 113 Å². The average Bonchev–Trinajstić information content (AvgIpc) is 2.73. The minimum atomic E-state index is -0.901. The second kappa shape index (κ2) is 4.62. The van der Waals surface area contributed by atoms with Gasteiger partial charge in [-0.05, 0) is 25.0 Å². The van der Waals surface area contributed by atoms with Crippen LogP contribution in [0, 0.1) is 0 Å². The third-order valence-corrected chi connectivity index (χ3v) is 4.31. The number of rotatable bonds is 2. The highest BCUT2D eigenvalue weighted by atomic mass is 16.5. The van der Waals surface area contributed by atoms with Gasteiger partial charge in [-0.25, -0.2) is 0 Å². The van der Waals surface area contributed by atoms with E-state index >= 15 is 0 Å². The molecule has 0 aliphatic carbocycles. The van der Waals surface area contributed by atoms with Crippen LogP contribution >= 0.6 is 0 Å². The maximum atomic E-state index is 12.4. The number of carbonyl (C=O) groups is 1. The van der Waals surface area contributed by atoms with Gasteiger partial charge in [0, 0.05) is 25.1 Å². The summed E-state index contributed by atoms with van der Waals surface area (Å²) in [6.45, 7) is 3.47. The van der Waals surface area contributed by atoms with Crippen molar-refractivity contribution in [2.24, 2.45) is 0 Å². The van der Waals surface area contributed by atoms with Crippen molar-refractivity contribution in [3.63, 3.8) is 0 Å². The molecule has 1 fully saturated rings. The van der Waals surface area contributed by atoms with E-state index in [2.05, 4.69) is 0 Å². The van der Waals surface area contributed by atoms with Crippen LogP contribution in [0.4, 0.5) is 0 Å². The summed E-state index contributed by atoms with van der Waals surface area (Å²) in [5.74, 6) is 0.0226. The van der Waals surface area contributed by atoms with Crippen molar-refractivity contribution in [3.8, 4) is 0 Å². The van der Waals surface area contributed by atoms with E-state index in [9.17, 15) is 9.90 Å². The molecule has 2 heterocycles. The summed E-state index contributed by atoms with van der Waals surface area (Å²) in [6.07, 6.45) is 1.24. The van der Waals surface area contributed by atoms with Gasteiger partial charge >= 0.3 is 0 Å². The van der Waals surface area contributed by atoms with Crippen LogP contribution in [-0.2, 0) is 11.2 Å². The number of carbonyl (C=O) groups excluding carboxylic acids is 1. The standard InChI is InChI=1S/C15H19NO3/c1-11-15(18,7-9-19-11)10-16-8-6-12-4-2-3-5-13(12)14(16)17/h2-5,11,18H,6-10H2,1H3. The molecule has 0 aromatic heterocycles. The Morgan fingerprint density at radius 1 is 1.47 bits per heavy atom. The summed E-state index contributed by atoms with van der Waals surface area (Å²) < 4.78 is 5.43. The second-order valence-electron chi connectivity index (χ2n) is 5.50. The summed E-state index contributed by atoms with van der Waals surface area (Å²) in [5, 5.41) is 10.6. The summed E-state index contributed by atoms with van der Waals surface area (Å²) >= 11 is 0. The van der Waals surface area contributed by atoms with Gasteiger partial charge in [0.1, 0.15) is 5.60 Å². The third-order valence-electron chi connectivity index (χ3n) is 4.31. The van der Waals surface area contributed by atoms with Crippen molar-refractivity contribution < 1.29 is 14.6 Å². The molecule has 1 saturated heterocycles. The van der Waals surface area contributed by atoms with Crippen molar-refractivity contribution in [1.82, 2.24) is 4.90 Å². The zero-order valence-electron chi connectivity index (χ0n) is 11.1. The fourth-order valence-electron chi connectivity index (χ4n) is 2.93. The second-order valence-corrected chi connectivity index (χ2v) is 5.50. The van der Waals surface area contributed by atoms with Gasteiger partial charge in [0.15, 0.2) is 0 Å². The number of ether oxygens (including phenoxy) is 1. The first-order chi connectivity index (χ1) is 9.10. The first kappa shape index (κ1) is 12.6. The highest BCUT2D eigenvalue weighted by Crippen LogP contribution is 2.28. The van der Waals surface area contributed by atoms with Crippen LogP contribution in [-0.4, -0.2) is 47.3 Å². The summed E-state index contributed by atoms with van der Waals surface area (Å²) in [7, 11) is 0. The molecule has 0 saturated carbocycles. The molecule has 0 radical (unpaired) electrons. The largest absolute Gasteiger partial charge is 0.385 e. The topological polar surface area (TPSA) is 49.8 Å². The number of hydrogen-bond donors (Lipinski definition) is 1.